The fraction of sp³-hybridized carbons (Fsp3) is 0.458. The molecule has 0 aliphatic carbocycles. The smallest absolute Gasteiger partial charge is 0.137 e. The molecule has 0 radical (unpaired) electrons. The van der Waals surface area contributed by atoms with Gasteiger partial charge in [0.2, 0.25) is 0 Å². The zero-order valence-electron chi connectivity index (χ0n) is 16.3. The zero-order chi connectivity index (χ0) is 18.5. The van der Waals surface area contributed by atoms with Gasteiger partial charge in [-0.3, -0.25) is 0 Å². The van der Waals surface area contributed by atoms with Gasteiger partial charge < -0.3 is 4.74 Å². The van der Waals surface area contributed by atoms with Crippen molar-refractivity contribution in [3.05, 3.63) is 59.4 Å². The SMILES string of the molecule is CCCCCCc1ccc(C#Cc2ccc(OCCCCC)cn2)cc1. The highest BCUT2D eigenvalue weighted by molar-refractivity contribution is 5.41. The molecule has 0 N–H and O–H groups in total. The highest BCUT2D eigenvalue weighted by Gasteiger charge is 1.96. The summed E-state index contributed by atoms with van der Waals surface area (Å²) < 4.78 is 5.68. The molecule has 1 heterocycles. The predicted octanol–water partition coefficient (Wildman–Crippen LogP) is 6.17. The molecule has 0 saturated heterocycles. The standard InChI is InChI=1S/C24H31NO/c1-3-5-7-8-10-21-11-13-22(14-12-21)15-16-23-17-18-24(20-25-23)26-19-9-6-4-2/h11-14,17-18,20H,3-10,19H2,1-2H3. The summed E-state index contributed by atoms with van der Waals surface area (Å²) in [5.74, 6) is 7.14. The Balaban J connectivity index is 1.82. The van der Waals surface area contributed by atoms with Crippen LogP contribution in [0.3, 0.4) is 0 Å². The van der Waals surface area contributed by atoms with Crippen LogP contribution >= 0.6 is 0 Å². The molecule has 2 heteroatoms. The Labute approximate surface area is 159 Å². The van der Waals surface area contributed by atoms with Crippen molar-refractivity contribution in [2.45, 2.75) is 65.2 Å². The molecule has 1 aromatic carbocycles. The maximum absolute atomic E-state index is 5.68. The maximum Gasteiger partial charge on any atom is 0.137 e. The fourth-order valence-corrected chi connectivity index (χ4v) is 2.73. The number of hydrogen-bond acceptors (Lipinski definition) is 2. The van der Waals surface area contributed by atoms with Crippen LogP contribution in [0.2, 0.25) is 0 Å². The Morgan fingerprint density at radius 2 is 1.58 bits per heavy atom. The first kappa shape index (κ1) is 20.0. The molecule has 0 amide bonds. The third kappa shape index (κ3) is 7.74. The fourth-order valence-electron chi connectivity index (χ4n) is 2.73. The number of pyridine rings is 1. The van der Waals surface area contributed by atoms with Gasteiger partial charge in [0.1, 0.15) is 11.4 Å². The minimum Gasteiger partial charge on any atom is -0.492 e. The summed E-state index contributed by atoms with van der Waals surface area (Å²) in [5, 5.41) is 0. The van der Waals surface area contributed by atoms with Crippen molar-refractivity contribution in [2.75, 3.05) is 6.61 Å². The molecule has 2 rings (SSSR count). The van der Waals surface area contributed by atoms with E-state index in [-0.39, 0.29) is 0 Å². The van der Waals surface area contributed by atoms with E-state index in [4.69, 9.17) is 4.74 Å². The number of benzene rings is 1. The second kappa shape index (κ2) is 12.1. The summed E-state index contributed by atoms with van der Waals surface area (Å²) in [7, 11) is 0. The van der Waals surface area contributed by atoms with Crippen LogP contribution in [0.4, 0.5) is 0 Å². The molecule has 0 aliphatic rings. The number of unbranched alkanes of at least 4 members (excludes halogenated alkanes) is 5. The molecule has 138 valence electrons. The van der Waals surface area contributed by atoms with Gasteiger partial charge in [-0.1, -0.05) is 64.0 Å². The van der Waals surface area contributed by atoms with E-state index in [9.17, 15) is 0 Å². The molecule has 0 fully saturated rings. The second-order valence-corrected chi connectivity index (χ2v) is 6.69. The number of aryl methyl sites for hydroxylation is 1. The van der Waals surface area contributed by atoms with E-state index in [0.29, 0.717) is 0 Å². The average molecular weight is 350 g/mol. The van der Waals surface area contributed by atoms with Gasteiger partial charge in [0.05, 0.1) is 12.8 Å². The van der Waals surface area contributed by atoms with Crippen LogP contribution in [-0.2, 0) is 6.42 Å². The highest BCUT2D eigenvalue weighted by Crippen LogP contribution is 2.11. The minimum atomic E-state index is 0.755. The highest BCUT2D eigenvalue weighted by atomic mass is 16.5. The first-order chi connectivity index (χ1) is 12.8. The van der Waals surface area contributed by atoms with Crippen molar-refractivity contribution in [3.63, 3.8) is 0 Å². The minimum absolute atomic E-state index is 0.755. The summed E-state index contributed by atoms with van der Waals surface area (Å²) in [4.78, 5) is 4.37. The Hall–Kier alpha value is -2.27. The summed E-state index contributed by atoms with van der Waals surface area (Å²) in [5.41, 5.74) is 3.20. The number of hydrogen-bond donors (Lipinski definition) is 0. The van der Waals surface area contributed by atoms with Crippen LogP contribution < -0.4 is 4.74 Å². The van der Waals surface area contributed by atoms with Crippen molar-refractivity contribution in [2.24, 2.45) is 0 Å². The van der Waals surface area contributed by atoms with Gasteiger partial charge in [0.15, 0.2) is 0 Å². The van der Waals surface area contributed by atoms with Crippen LogP contribution in [0.25, 0.3) is 0 Å². The monoisotopic (exact) mass is 349 g/mol. The zero-order valence-corrected chi connectivity index (χ0v) is 16.3. The van der Waals surface area contributed by atoms with E-state index in [0.717, 1.165) is 36.5 Å². The molecule has 1 aromatic heterocycles. The quantitative estimate of drug-likeness (QED) is 0.378. The Bertz CT molecular complexity index is 617. The van der Waals surface area contributed by atoms with Crippen molar-refractivity contribution in [1.82, 2.24) is 4.98 Å². The van der Waals surface area contributed by atoms with E-state index in [1.54, 1.807) is 6.20 Å². The molecule has 0 saturated carbocycles. The number of rotatable bonds is 10. The van der Waals surface area contributed by atoms with Gasteiger partial charge in [0.25, 0.3) is 0 Å². The van der Waals surface area contributed by atoms with Crippen molar-refractivity contribution < 1.29 is 4.74 Å². The number of aromatic nitrogens is 1. The predicted molar refractivity (Wildman–Crippen MR) is 110 cm³/mol. The molecule has 26 heavy (non-hydrogen) atoms. The second-order valence-electron chi connectivity index (χ2n) is 6.69. The summed E-state index contributed by atoms with van der Waals surface area (Å²) >= 11 is 0. The molecular formula is C24H31NO. The largest absolute Gasteiger partial charge is 0.492 e. The average Bonchev–Trinajstić information content (AvgIpc) is 2.69. The van der Waals surface area contributed by atoms with Gasteiger partial charge in [-0.05, 0) is 55.0 Å². The first-order valence-corrected chi connectivity index (χ1v) is 10.0. The van der Waals surface area contributed by atoms with Gasteiger partial charge in [-0.2, -0.15) is 0 Å². The lowest BCUT2D eigenvalue weighted by Gasteiger charge is -2.04. The topological polar surface area (TPSA) is 22.1 Å². The van der Waals surface area contributed by atoms with Crippen LogP contribution in [0.15, 0.2) is 42.6 Å². The summed E-state index contributed by atoms with van der Waals surface area (Å²) in [6.07, 6.45) is 11.6. The van der Waals surface area contributed by atoms with Gasteiger partial charge >= 0.3 is 0 Å². The molecule has 2 aromatic rings. The normalized spacial score (nSPS) is 10.2. The lowest BCUT2D eigenvalue weighted by Crippen LogP contribution is -1.97. The van der Waals surface area contributed by atoms with E-state index < -0.39 is 0 Å². The lowest BCUT2D eigenvalue weighted by atomic mass is 10.0. The van der Waals surface area contributed by atoms with Crippen molar-refractivity contribution >= 4 is 0 Å². The number of ether oxygens (including phenoxy) is 1. The Morgan fingerprint density at radius 1 is 0.808 bits per heavy atom. The molecule has 0 atom stereocenters. The first-order valence-electron chi connectivity index (χ1n) is 10.0. The third-order valence-electron chi connectivity index (χ3n) is 4.36. The van der Waals surface area contributed by atoms with Crippen LogP contribution in [-0.4, -0.2) is 11.6 Å². The maximum atomic E-state index is 5.68. The summed E-state index contributed by atoms with van der Waals surface area (Å²) in [6.45, 7) is 5.19. The van der Waals surface area contributed by atoms with Gasteiger partial charge in [0, 0.05) is 5.56 Å². The van der Waals surface area contributed by atoms with Crippen LogP contribution in [0, 0.1) is 11.8 Å². The third-order valence-corrected chi connectivity index (χ3v) is 4.36. The molecule has 0 bridgehead atoms. The number of nitrogens with zero attached hydrogens (tertiary/aromatic N) is 1. The van der Waals surface area contributed by atoms with Crippen molar-refractivity contribution in [3.8, 4) is 17.6 Å². The Kier molecular flexibility index (Phi) is 9.36. The Morgan fingerprint density at radius 3 is 2.27 bits per heavy atom. The van der Waals surface area contributed by atoms with Crippen LogP contribution in [0.5, 0.6) is 5.75 Å². The molecule has 2 nitrogen and oxygen atoms in total. The van der Waals surface area contributed by atoms with Crippen molar-refractivity contribution in [1.29, 1.82) is 0 Å². The van der Waals surface area contributed by atoms with E-state index >= 15 is 0 Å². The van der Waals surface area contributed by atoms with E-state index in [1.807, 2.05) is 12.1 Å². The molecular weight excluding hydrogens is 318 g/mol. The summed E-state index contributed by atoms with van der Waals surface area (Å²) in [6, 6.07) is 12.5. The molecule has 0 spiro atoms. The van der Waals surface area contributed by atoms with Gasteiger partial charge in [-0.15, -0.1) is 0 Å². The van der Waals surface area contributed by atoms with E-state index in [2.05, 4.69) is 54.9 Å². The van der Waals surface area contributed by atoms with E-state index in [1.165, 1.54) is 44.1 Å². The lowest BCUT2D eigenvalue weighted by molar-refractivity contribution is 0.305. The van der Waals surface area contributed by atoms with Crippen LogP contribution in [0.1, 0.15) is 75.6 Å². The van der Waals surface area contributed by atoms with Gasteiger partial charge in [-0.25, -0.2) is 4.98 Å². The molecule has 0 unspecified atom stereocenters. The molecule has 0 aliphatic heterocycles.